The van der Waals surface area contributed by atoms with E-state index in [1.165, 1.54) is 0 Å². The fourth-order valence-corrected chi connectivity index (χ4v) is 1.54. The summed E-state index contributed by atoms with van der Waals surface area (Å²) < 4.78 is 15.0. The molecule has 15 heavy (non-hydrogen) atoms. The van der Waals surface area contributed by atoms with Gasteiger partial charge < -0.3 is 15.2 Å². The molecular formula is C9H7N2O3P. The minimum atomic E-state index is -0.518. The molecule has 0 aliphatic carbocycles. The maximum absolute atomic E-state index is 10.9. The molecule has 6 heteroatoms. The number of amides is 1. The van der Waals surface area contributed by atoms with Gasteiger partial charge in [-0.15, -0.1) is 0 Å². The molecule has 0 aliphatic heterocycles. The van der Waals surface area contributed by atoms with Gasteiger partial charge in [-0.25, -0.2) is 4.57 Å². The molecule has 0 atom stereocenters. The lowest BCUT2D eigenvalue weighted by Gasteiger charge is -1.94. The Morgan fingerprint density at radius 3 is 2.87 bits per heavy atom. The van der Waals surface area contributed by atoms with Crippen LogP contribution < -0.4 is 10.3 Å². The van der Waals surface area contributed by atoms with Crippen LogP contribution in [0.3, 0.4) is 0 Å². The predicted molar refractivity (Wildman–Crippen MR) is 55.1 cm³/mol. The Morgan fingerprint density at radius 1 is 1.40 bits per heavy atom. The Bertz CT molecular complexity index is 535. The second-order valence-electron chi connectivity index (χ2n) is 2.96. The normalized spacial score (nSPS) is 10.7. The summed E-state index contributed by atoms with van der Waals surface area (Å²) in [4.78, 5) is 13.7. The summed E-state index contributed by atoms with van der Waals surface area (Å²) in [6.45, 7) is 0. The van der Waals surface area contributed by atoms with Crippen LogP contribution >= 0.6 is 8.69 Å². The fourth-order valence-electron chi connectivity index (χ4n) is 1.34. The van der Waals surface area contributed by atoms with Gasteiger partial charge in [0.2, 0.25) is 0 Å². The van der Waals surface area contributed by atoms with Gasteiger partial charge in [0.05, 0.1) is 0 Å². The molecule has 1 aromatic heterocycles. The lowest BCUT2D eigenvalue weighted by molar-refractivity contribution is 0.0996. The van der Waals surface area contributed by atoms with Gasteiger partial charge in [0.1, 0.15) is 11.4 Å². The number of nitrogens with two attached hydrogens (primary N) is 1. The van der Waals surface area contributed by atoms with Crippen molar-refractivity contribution in [1.29, 1.82) is 0 Å². The Balaban J connectivity index is 2.51. The summed E-state index contributed by atoms with van der Waals surface area (Å²) in [5, 5.41) is 0.782. The van der Waals surface area contributed by atoms with E-state index < -0.39 is 14.6 Å². The third-order valence-electron chi connectivity index (χ3n) is 2.00. The number of aromatic amines is 1. The SMILES string of the molecule is NC(=O)c1cc2cc(OP=O)ccc2[nH]1. The highest BCUT2D eigenvalue weighted by Gasteiger charge is 2.06. The van der Waals surface area contributed by atoms with E-state index in [1.807, 2.05) is 0 Å². The minimum Gasteiger partial charge on any atom is -0.408 e. The molecule has 1 aromatic carbocycles. The van der Waals surface area contributed by atoms with Gasteiger partial charge in [-0.3, -0.25) is 4.79 Å². The van der Waals surface area contributed by atoms with E-state index >= 15 is 0 Å². The van der Waals surface area contributed by atoms with Crippen molar-refractivity contribution in [2.45, 2.75) is 0 Å². The van der Waals surface area contributed by atoms with Crippen molar-refractivity contribution in [1.82, 2.24) is 4.98 Å². The van der Waals surface area contributed by atoms with E-state index in [1.54, 1.807) is 24.3 Å². The maximum Gasteiger partial charge on any atom is 0.395 e. The monoisotopic (exact) mass is 222 g/mol. The van der Waals surface area contributed by atoms with Gasteiger partial charge in [0, 0.05) is 10.9 Å². The molecule has 0 fully saturated rings. The van der Waals surface area contributed by atoms with Gasteiger partial charge >= 0.3 is 8.69 Å². The number of fused-ring (bicyclic) bond motifs is 1. The van der Waals surface area contributed by atoms with E-state index in [-0.39, 0.29) is 0 Å². The van der Waals surface area contributed by atoms with Crippen LogP contribution in [0.4, 0.5) is 0 Å². The maximum atomic E-state index is 10.9. The van der Waals surface area contributed by atoms with E-state index in [4.69, 9.17) is 10.3 Å². The van der Waals surface area contributed by atoms with Crippen molar-refractivity contribution >= 4 is 25.5 Å². The van der Waals surface area contributed by atoms with Crippen LogP contribution in [-0.4, -0.2) is 10.9 Å². The average Bonchev–Trinajstić information content (AvgIpc) is 2.61. The van der Waals surface area contributed by atoms with E-state index in [0.717, 1.165) is 10.9 Å². The van der Waals surface area contributed by atoms with Crippen LogP contribution in [0.5, 0.6) is 5.75 Å². The molecule has 0 bridgehead atoms. The third kappa shape index (κ3) is 1.82. The molecule has 0 unspecified atom stereocenters. The number of benzene rings is 1. The van der Waals surface area contributed by atoms with Crippen molar-refractivity contribution < 1.29 is 13.9 Å². The van der Waals surface area contributed by atoms with Gasteiger partial charge in [-0.05, 0) is 24.3 Å². The number of carbonyl (C=O) groups excluding carboxylic acids is 1. The Hall–Kier alpha value is -1.87. The minimum absolute atomic E-state index is 0.335. The van der Waals surface area contributed by atoms with Gasteiger partial charge in [0.15, 0.2) is 0 Å². The summed E-state index contributed by atoms with van der Waals surface area (Å²) in [6.07, 6.45) is 0. The second kappa shape index (κ2) is 3.71. The molecule has 3 N–H and O–H groups in total. The van der Waals surface area contributed by atoms with Crippen molar-refractivity contribution in [2.75, 3.05) is 0 Å². The summed E-state index contributed by atoms with van der Waals surface area (Å²) in [5.74, 6) is -0.0511. The van der Waals surface area contributed by atoms with Gasteiger partial charge in [-0.2, -0.15) is 0 Å². The first-order valence-electron chi connectivity index (χ1n) is 4.13. The number of hydrogen-bond donors (Lipinski definition) is 2. The van der Waals surface area contributed by atoms with Crippen LogP contribution in [-0.2, 0) is 4.57 Å². The second-order valence-corrected chi connectivity index (χ2v) is 3.29. The topological polar surface area (TPSA) is 85.2 Å². The molecule has 1 amide bonds. The molecule has 0 saturated carbocycles. The lowest BCUT2D eigenvalue weighted by Crippen LogP contribution is -2.10. The third-order valence-corrected chi connectivity index (χ3v) is 2.29. The Morgan fingerprint density at radius 2 is 2.20 bits per heavy atom. The highest BCUT2D eigenvalue weighted by molar-refractivity contribution is 7.17. The number of hydrogen-bond acceptors (Lipinski definition) is 3. The summed E-state index contributed by atoms with van der Waals surface area (Å²) in [6, 6.07) is 6.66. The number of H-pyrrole nitrogens is 1. The van der Waals surface area contributed by atoms with Crippen molar-refractivity contribution in [3.63, 3.8) is 0 Å². The van der Waals surface area contributed by atoms with Crippen molar-refractivity contribution in [3.05, 3.63) is 30.0 Å². The average molecular weight is 222 g/mol. The quantitative estimate of drug-likeness (QED) is 0.777. The van der Waals surface area contributed by atoms with Crippen molar-refractivity contribution in [2.24, 2.45) is 5.73 Å². The molecule has 2 aromatic rings. The van der Waals surface area contributed by atoms with E-state index in [9.17, 15) is 9.36 Å². The summed E-state index contributed by atoms with van der Waals surface area (Å²) >= 11 is 0. The largest absolute Gasteiger partial charge is 0.408 e. The Labute approximate surface area is 86.5 Å². The highest BCUT2D eigenvalue weighted by atomic mass is 31.1. The zero-order valence-corrected chi connectivity index (χ0v) is 8.45. The van der Waals surface area contributed by atoms with Crippen LogP contribution in [0, 0.1) is 0 Å². The molecule has 1 heterocycles. The number of nitrogens with one attached hydrogen (secondary N) is 1. The van der Waals surface area contributed by atoms with Crippen LogP contribution in [0.15, 0.2) is 24.3 Å². The van der Waals surface area contributed by atoms with E-state index in [2.05, 4.69) is 4.98 Å². The molecule has 0 spiro atoms. The predicted octanol–water partition coefficient (Wildman–Crippen LogP) is 1.85. The zero-order chi connectivity index (χ0) is 10.8. The standard InChI is InChI=1S/C9H7N2O3P/c10-9(12)8-4-5-3-6(14-15-13)1-2-7(5)11-8/h1-4,11H,(H2,10,12). The van der Waals surface area contributed by atoms with Crippen LogP contribution in [0.1, 0.15) is 10.5 Å². The molecular weight excluding hydrogens is 215 g/mol. The summed E-state index contributed by atoms with van der Waals surface area (Å²) in [7, 11) is -0.409. The number of aromatic nitrogens is 1. The van der Waals surface area contributed by atoms with Crippen LogP contribution in [0.25, 0.3) is 10.9 Å². The summed E-state index contributed by atoms with van der Waals surface area (Å²) in [5.41, 5.74) is 6.23. The molecule has 0 radical (unpaired) electrons. The zero-order valence-electron chi connectivity index (χ0n) is 7.56. The van der Waals surface area contributed by atoms with Gasteiger partial charge in [0.25, 0.3) is 5.91 Å². The lowest BCUT2D eigenvalue weighted by atomic mass is 10.2. The molecule has 2 rings (SSSR count). The highest BCUT2D eigenvalue weighted by Crippen LogP contribution is 2.23. The Kier molecular flexibility index (Phi) is 2.39. The van der Waals surface area contributed by atoms with Gasteiger partial charge in [-0.1, -0.05) is 0 Å². The first-order valence-corrected chi connectivity index (χ1v) is 4.86. The number of primary amides is 1. The molecule has 0 aliphatic rings. The smallest absolute Gasteiger partial charge is 0.395 e. The molecule has 5 nitrogen and oxygen atoms in total. The van der Waals surface area contributed by atoms with Crippen LogP contribution in [0.2, 0.25) is 0 Å². The molecule has 0 saturated heterocycles. The van der Waals surface area contributed by atoms with Crippen molar-refractivity contribution in [3.8, 4) is 5.75 Å². The number of rotatable bonds is 3. The first-order chi connectivity index (χ1) is 7.20. The number of carbonyl (C=O) groups is 1. The fraction of sp³-hybridized carbons (Fsp3) is 0. The van der Waals surface area contributed by atoms with E-state index in [0.29, 0.717) is 11.4 Å². The first kappa shape index (κ1) is 9.68. The molecule has 76 valence electrons.